The molecule has 0 atom stereocenters. The van der Waals surface area contributed by atoms with Crippen LogP contribution in [0.25, 0.3) is 10.2 Å². The highest BCUT2D eigenvalue weighted by Crippen LogP contribution is 2.16. The number of thiophene rings is 1. The molecule has 27 heavy (non-hydrogen) atoms. The summed E-state index contributed by atoms with van der Waals surface area (Å²) >= 11 is 1.44. The largest absolute Gasteiger partial charge is 0.493 e. The monoisotopic (exact) mass is 385 g/mol. The molecule has 3 aromatic rings. The number of aryl methyl sites for hydroxylation is 2. The molecule has 0 unspecified atom stereocenters. The van der Waals surface area contributed by atoms with E-state index in [4.69, 9.17) is 4.74 Å². The van der Waals surface area contributed by atoms with Gasteiger partial charge in [0.2, 0.25) is 5.91 Å². The van der Waals surface area contributed by atoms with Crippen molar-refractivity contribution in [3.63, 3.8) is 0 Å². The first-order valence-electron chi connectivity index (χ1n) is 8.91. The van der Waals surface area contributed by atoms with E-state index >= 15 is 0 Å². The van der Waals surface area contributed by atoms with Crippen molar-refractivity contribution in [2.45, 2.75) is 26.3 Å². The Labute approximate surface area is 162 Å². The zero-order valence-corrected chi connectivity index (χ0v) is 16.4. The van der Waals surface area contributed by atoms with Crippen LogP contribution in [0.1, 0.15) is 18.4 Å². The number of carbonyl (C=O) groups is 1. The molecular formula is C20H23N3O3S. The fourth-order valence-electron chi connectivity index (χ4n) is 2.79. The second-order valence-electron chi connectivity index (χ2n) is 6.42. The quantitative estimate of drug-likeness (QED) is 0.559. The van der Waals surface area contributed by atoms with E-state index in [2.05, 4.69) is 4.98 Å². The van der Waals surface area contributed by atoms with Crippen LogP contribution in [0.2, 0.25) is 0 Å². The van der Waals surface area contributed by atoms with Gasteiger partial charge in [-0.15, -0.1) is 11.3 Å². The van der Waals surface area contributed by atoms with Gasteiger partial charge < -0.3 is 9.64 Å². The molecule has 1 aromatic carbocycles. The number of aromatic nitrogens is 2. The number of benzene rings is 1. The number of nitrogens with zero attached hydrogens (tertiary/aromatic N) is 3. The third-order valence-corrected chi connectivity index (χ3v) is 5.25. The lowest BCUT2D eigenvalue weighted by Crippen LogP contribution is -2.30. The van der Waals surface area contributed by atoms with Crippen LogP contribution in [0.4, 0.5) is 0 Å². The van der Waals surface area contributed by atoms with Gasteiger partial charge in [-0.3, -0.25) is 14.2 Å². The van der Waals surface area contributed by atoms with E-state index in [9.17, 15) is 9.59 Å². The predicted octanol–water partition coefficient (Wildman–Crippen LogP) is 3.08. The fraction of sp³-hybridized carbons (Fsp3) is 0.350. The summed E-state index contributed by atoms with van der Waals surface area (Å²) in [6, 6.07) is 9.65. The van der Waals surface area contributed by atoms with Crippen LogP contribution in [-0.4, -0.2) is 40.6 Å². The number of ether oxygens (including phenoxy) is 1. The lowest BCUT2D eigenvalue weighted by atomic mass is 10.2. The molecule has 1 amide bonds. The second kappa shape index (κ2) is 8.81. The summed E-state index contributed by atoms with van der Waals surface area (Å²) in [6.45, 7) is 3.51. The molecule has 6 nitrogen and oxygen atoms in total. The summed E-state index contributed by atoms with van der Waals surface area (Å²) in [6.07, 6.45) is 2.54. The molecule has 0 aliphatic heterocycles. The number of fused-ring (bicyclic) bond motifs is 1. The van der Waals surface area contributed by atoms with E-state index in [0.29, 0.717) is 25.1 Å². The third kappa shape index (κ3) is 4.74. The number of amides is 1. The molecule has 142 valence electrons. The Bertz CT molecular complexity index is 980. The van der Waals surface area contributed by atoms with Gasteiger partial charge in [-0.05, 0) is 36.4 Å². The van der Waals surface area contributed by atoms with E-state index < -0.39 is 0 Å². The molecule has 3 rings (SSSR count). The van der Waals surface area contributed by atoms with Crippen molar-refractivity contribution >= 4 is 27.5 Å². The van der Waals surface area contributed by atoms with Gasteiger partial charge in [0, 0.05) is 26.6 Å². The summed E-state index contributed by atoms with van der Waals surface area (Å²) < 4.78 is 7.26. The molecule has 2 aromatic heterocycles. The maximum absolute atomic E-state index is 12.3. The van der Waals surface area contributed by atoms with Crippen molar-refractivity contribution in [2.75, 3.05) is 20.2 Å². The van der Waals surface area contributed by atoms with Gasteiger partial charge in [0.25, 0.3) is 5.56 Å². The normalized spacial score (nSPS) is 10.9. The van der Waals surface area contributed by atoms with Gasteiger partial charge in [0.15, 0.2) is 0 Å². The minimum atomic E-state index is -0.0941. The molecule has 0 N–H and O–H groups in total. The van der Waals surface area contributed by atoms with Crippen molar-refractivity contribution in [3.05, 3.63) is 58.0 Å². The topological polar surface area (TPSA) is 64.4 Å². The lowest BCUT2D eigenvalue weighted by Gasteiger charge is -2.18. The van der Waals surface area contributed by atoms with Gasteiger partial charge in [0.1, 0.15) is 10.6 Å². The number of carbonyl (C=O) groups excluding carboxylic acids is 1. The van der Waals surface area contributed by atoms with Crippen LogP contribution < -0.4 is 10.3 Å². The summed E-state index contributed by atoms with van der Waals surface area (Å²) in [5, 5.41) is 2.46. The van der Waals surface area contributed by atoms with Crippen molar-refractivity contribution in [2.24, 2.45) is 0 Å². The van der Waals surface area contributed by atoms with Gasteiger partial charge >= 0.3 is 0 Å². The molecule has 2 heterocycles. The Morgan fingerprint density at radius 2 is 2.11 bits per heavy atom. The number of para-hydroxylation sites is 1. The smallest absolute Gasteiger partial charge is 0.262 e. The van der Waals surface area contributed by atoms with Gasteiger partial charge in [-0.25, -0.2) is 4.98 Å². The Morgan fingerprint density at radius 3 is 2.93 bits per heavy atom. The molecular weight excluding hydrogens is 362 g/mol. The molecule has 0 aliphatic rings. The molecule has 0 saturated heterocycles. The Kier molecular flexibility index (Phi) is 6.24. The second-order valence-corrected chi connectivity index (χ2v) is 7.31. The summed E-state index contributed by atoms with van der Waals surface area (Å²) in [5.41, 5.74) is 1.01. The zero-order chi connectivity index (χ0) is 19.2. The van der Waals surface area contributed by atoms with Gasteiger partial charge in [-0.2, -0.15) is 0 Å². The molecule has 0 bridgehead atoms. The first-order valence-corrected chi connectivity index (χ1v) is 9.79. The standard InChI is InChI=1S/C20H23N3O3S/c1-15-6-3-4-7-17(15)26-12-5-10-22(2)18(24)8-11-23-14-21-19-16(20(23)25)9-13-27-19/h3-4,6-7,9,13-14H,5,8,10-12H2,1-2H3. The van der Waals surface area contributed by atoms with E-state index in [-0.39, 0.29) is 17.9 Å². The molecule has 7 heteroatoms. The maximum atomic E-state index is 12.3. The first-order chi connectivity index (χ1) is 13.1. The first kappa shape index (κ1) is 19.1. The predicted molar refractivity (Wildman–Crippen MR) is 107 cm³/mol. The summed E-state index contributed by atoms with van der Waals surface area (Å²) in [4.78, 5) is 31.3. The minimum Gasteiger partial charge on any atom is -0.493 e. The fourth-order valence-corrected chi connectivity index (χ4v) is 3.51. The number of hydrogen-bond acceptors (Lipinski definition) is 5. The van der Waals surface area contributed by atoms with Gasteiger partial charge in [0.05, 0.1) is 18.3 Å². The molecule has 0 spiro atoms. The average Bonchev–Trinajstić information content (AvgIpc) is 3.15. The maximum Gasteiger partial charge on any atom is 0.262 e. The molecule has 0 radical (unpaired) electrons. The van der Waals surface area contributed by atoms with Crippen LogP contribution in [0.5, 0.6) is 5.75 Å². The van der Waals surface area contributed by atoms with Crippen LogP contribution >= 0.6 is 11.3 Å². The lowest BCUT2D eigenvalue weighted by molar-refractivity contribution is -0.130. The van der Waals surface area contributed by atoms with Crippen LogP contribution in [0.3, 0.4) is 0 Å². The third-order valence-electron chi connectivity index (χ3n) is 4.43. The Balaban J connectivity index is 1.44. The van der Waals surface area contributed by atoms with E-state index in [1.54, 1.807) is 18.0 Å². The minimum absolute atomic E-state index is 0.00297. The van der Waals surface area contributed by atoms with Crippen molar-refractivity contribution < 1.29 is 9.53 Å². The highest BCUT2D eigenvalue weighted by molar-refractivity contribution is 7.16. The summed E-state index contributed by atoms with van der Waals surface area (Å²) in [5.74, 6) is 0.880. The SMILES string of the molecule is Cc1ccccc1OCCCN(C)C(=O)CCn1cnc2sccc2c1=O. The number of rotatable bonds is 8. The Hall–Kier alpha value is -2.67. The highest BCUT2D eigenvalue weighted by atomic mass is 32.1. The number of hydrogen-bond donors (Lipinski definition) is 0. The molecule has 0 saturated carbocycles. The van der Waals surface area contributed by atoms with Crippen molar-refractivity contribution in [1.29, 1.82) is 0 Å². The van der Waals surface area contributed by atoms with Gasteiger partial charge in [-0.1, -0.05) is 18.2 Å². The Morgan fingerprint density at radius 1 is 1.30 bits per heavy atom. The van der Waals surface area contributed by atoms with Crippen LogP contribution in [0, 0.1) is 6.92 Å². The molecule has 0 aliphatic carbocycles. The van der Waals surface area contributed by atoms with E-state index in [1.165, 1.54) is 22.2 Å². The van der Waals surface area contributed by atoms with Crippen molar-refractivity contribution in [1.82, 2.24) is 14.5 Å². The average molecular weight is 385 g/mol. The van der Waals surface area contributed by atoms with Crippen molar-refractivity contribution in [3.8, 4) is 5.75 Å². The van der Waals surface area contributed by atoms with Crippen LogP contribution in [0.15, 0.2) is 46.8 Å². The zero-order valence-electron chi connectivity index (χ0n) is 15.6. The van der Waals surface area contributed by atoms with E-state index in [1.807, 2.05) is 36.6 Å². The van der Waals surface area contributed by atoms with Crippen LogP contribution in [-0.2, 0) is 11.3 Å². The highest BCUT2D eigenvalue weighted by Gasteiger charge is 2.11. The summed E-state index contributed by atoms with van der Waals surface area (Å²) in [7, 11) is 1.78. The molecule has 0 fully saturated rings. The van der Waals surface area contributed by atoms with E-state index in [0.717, 1.165) is 22.6 Å².